The van der Waals surface area contributed by atoms with Crippen molar-refractivity contribution in [2.75, 3.05) is 12.8 Å². The molecule has 0 saturated carbocycles. The van der Waals surface area contributed by atoms with Crippen LogP contribution in [0.4, 0.5) is 6.01 Å². The number of hydrogen-bond acceptors (Lipinski definition) is 5. The van der Waals surface area contributed by atoms with Gasteiger partial charge in [0.1, 0.15) is 5.37 Å². The first-order chi connectivity index (χ1) is 10.1. The molecule has 1 aliphatic heterocycles. The van der Waals surface area contributed by atoms with Gasteiger partial charge in [-0.05, 0) is 38.2 Å². The normalized spacial score (nSPS) is 26.0. The van der Waals surface area contributed by atoms with Gasteiger partial charge in [0.25, 0.3) is 5.89 Å². The molecule has 3 rings (SSSR count). The molecule has 1 aromatic heterocycles. The fourth-order valence-electron chi connectivity index (χ4n) is 2.71. The van der Waals surface area contributed by atoms with Gasteiger partial charge in [0, 0.05) is 12.0 Å². The Morgan fingerprint density at radius 1 is 1.24 bits per heavy atom. The molecule has 1 saturated heterocycles. The molecule has 6 heteroatoms. The van der Waals surface area contributed by atoms with Crippen LogP contribution in [0.15, 0.2) is 28.7 Å². The van der Waals surface area contributed by atoms with Gasteiger partial charge in [-0.15, -0.1) is 16.9 Å². The van der Waals surface area contributed by atoms with Crippen molar-refractivity contribution in [1.29, 1.82) is 0 Å². The van der Waals surface area contributed by atoms with Crippen molar-refractivity contribution in [3.8, 4) is 11.5 Å². The molecule has 0 radical (unpaired) electrons. The molecule has 0 amide bonds. The first-order valence-corrected chi connectivity index (χ1v) is 8.45. The first-order valence-electron chi connectivity index (χ1n) is 7.16. The van der Waals surface area contributed by atoms with Crippen LogP contribution in [0.2, 0.25) is 0 Å². The zero-order valence-corrected chi connectivity index (χ0v) is 13.1. The van der Waals surface area contributed by atoms with Crippen LogP contribution < -0.4 is 4.65 Å². The smallest absolute Gasteiger partial charge is 0.426 e. The van der Waals surface area contributed by atoms with Crippen molar-refractivity contribution in [3.05, 3.63) is 35.0 Å². The van der Waals surface area contributed by atoms with E-state index in [0.29, 0.717) is 12.4 Å². The van der Waals surface area contributed by atoms with Crippen molar-refractivity contribution in [2.45, 2.75) is 31.6 Å². The van der Waals surface area contributed by atoms with E-state index in [4.69, 9.17) is 4.42 Å². The Kier molecular flexibility index (Phi) is 4.01. The van der Waals surface area contributed by atoms with Crippen LogP contribution in [0.3, 0.4) is 0 Å². The molecule has 2 unspecified atom stereocenters. The van der Waals surface area contributed by atoms with Crippen LogP contribution in [0.1, 0.15) is 24.8 Å². The van der Waals surface area contributed by atoms with Crippen molar-refractivity contribution in [3.63, 3.8) is 0 Å². The summed E-state index contributed by atoms with van der Waals surface area (Å²) in [6, 6.07) is 8.04. The summed E-state index contributed by atoms with van der Waals surface area (Å²) in [7, 11) is 0. The zero-order valence-electron chi connectivity index (χ0n) is 12.3. The van der Waals surface area contributed by atoms with Crippen LogP contribution in [0.5, 0.6) is 0 Å². The second-order valence-corrected chi connectivity index (χ2v) is 6.48. The topological polar surface area (TPSA) is 62.0 Å². The standard InChI is InChI=1S/C15H19N3O2S/c1-11-6-8-12(9-7-11)14-16-17-15(20-14)18(19)10-4-3-5-13(18)21-2/h6-9,13H,3-5,10H2,1-2H3. The van der Waals surface area contributed by atoms with Crippen molar-refractivity contribution in [1.82, 2.24) is 14.8 Å². The van der Waals surface area contributed by atoms with E-state index >= 15 is 0 Å². The lowest BCUT2D eigenvalue weighted by atomic mass is 10.1. The molecule has 0 aliphatic carbocycles. The second-order valence-electron chi connectivity index (χ2n) is 5.46. The summed E-state index contributed by atoms with van der Waals surface area (Å²) in [5.41, 5.74) is 2.02. The summed E-state index contributed by atoms with van der Waals surface area (Å²) < 4.78 is 5.21. The number of piperidine rings is 1. The third-order valence-electron chi connectivity index (χ3n) is 3.97. The van der Waals surface area contributed by atoms with Crippen molar-refractivity contribution >= 4 is 17.8 Å². The van der Waals surface area contributed by atoms with Crippen LogP contribution in [-0.2, 0) is 0 Å². The Bertz CT molecular complexity index is 614. The molecule has 2 aromatic rings. The number of quaternary nitrogens is 1. The van der Waals surface area contributed by atoms with Gasteiger partial charge in [-0.2, -0.15) is 0 Å². The summed E-state index contributed by atoms with van der Waals surface area (Å²) in [5, 5.41) is 21.2. The SMILES string of the molecule is CSC1CCCC[N+]1([O-])c1nnc(-c2ccc(C)cc2)o1. The minimum Gasteiger partial charge on any atom is -0.623 e. The van der Waals surface area contributed by atoms with E-state index in [1.165, 1.54) is 5.56 Å². The Labute approximate surface area is 128 Å². The van der Waals surface area contributed by atoms with E-state index in [2.05, 4.69) is 10.2 Å². The van der Waals surface area contributed by atoms with E-state index in [9.17, 15) is 5.21 Å². The molecule has 1 aromatic carbocycles. The van der Waals surface area contributed by atoms with Gasteiger partial charge in [-0.25, -0.2) is 0 Å². The number of hydrogen-bond donors (Lipinski definition) is 0. The van der Waals surface area contributed by atoms with Crippen LogP contribution in [0, 0.1) is 12.1 Å². The maximum absolute atomic E-state index is 13.1. The molecule has 0 bridgehead atoms. The first kappa shape index (κ1) is 14.6. The molecule has 2 heterocycles. The number of aryl methyl sites for hydroxylation is 1. The Balaban J connectivity index is 1.91. The number of nitrogens with zero attached hydrogens (tertiary/aromatic N) is 3. The monoisotopic (exact) mass is 305 g/mol. The highest BCUT2D eigenvalue weighted by atomic mass is 32.2. The van der Waals surface area contributed by atoms with Crippen molar-refractivity contribution in [2.24, 2.45) is 0 Å². The van der Waals surface area contributed by atoms with Gasteiger partial charge < -0.3 is 9.62 Å². The van der Waals surface area contributed by atoms with Gasteiger partial charge in [-0.3, -0.25) is 4.65 Å². The average Bonchev–Trinajstić information content (AvgIpc) is 2.99. The highest BCUT2D eigenvalue weighted by Crippen LogP contribution is 2.37. The lowest BCUT2D eigenvalue weighted by Crippen LogP contribution is -2.53. The highest BCUT2D eigenvalue weighted by Gasteiger charge is 2.38. The van der Waals surface area contributed by atoms with E-state index in [0.717, 1.165) is 24.8 Å². The predicted octanol–water partition coefficient (Wildman–Crippen LogP) is 3.72. The van der Waals surface area contributed by atoms with Gasteiger partial charge in [0.15, 0.2) is 0 Å². The maximum Gasteiger partial charge on any atom is 0.426 e. The maximum atomic E-state index is 13.1. The molecule has 0 spiro atoms. The second kappa shape index (κ2) is 5.79. The minimum atomic E-state index is -0.500. The van der Waals surface area contributed by atoms with Gasteiger partial charge in [-0.1, -0.05) is 22.8 Å². The molecule has 1 fully saturated rings. The number of rotatable bonds is 3. The summed E-state index contributed by atoms with van der Waals surface area (Å²) in [5.74, 6) is 0.420. The van der Waals surface area contributed by atoms with Gasteiger partial charge in [0.05, 0.1) is 6.54 Å². The molecule has 1 aliphatic rings. The van der Waals surface area contributed by atoms with Crippen molar-refractivity contribution < 1.29 is 4.42 Å². The molecule has 0 N–H and O–H groups in total. The Morgan fingerprint density at radius 3 is 2.71 bits per heavy atom. The minimum absolute atomic E-state index is 0.0509. The molecule has 5 nitrogen and oxygen atoms in total. The summed E-state index contributed by atoms with van der Waals surface area (Å²) in [6.45, 7) is 2.54. The molecular weight excluding hydrogens is 286 g/mol. The molecule has 112 valence electrons. The van der Waals surface area contributed by atoms with Crippen LogP contribution in [0.25, 0.3) is 11.5 Å². The quantitative estimate of drug-likeness (QED) is 0.639. The molecule has 2 atom stereocenters. The van der Waals surface area contributed by atoms with E-state index in [1.54, 1.807) is 11.8 Å². The van der Waals surface area contributed by atoms with E-state index in [-0.39, 0.29) is 11.4 Å². The third kappa shape index (κ3) is 2.71. The van der Waals surface area contributed by atoms with E-state index in [1.807, 2.05) is 37.4 Å². The summed E-state index contributed by atoms with van der Waals surface area (Å²) in [6.07, 6.45) is 4.86. The lowest BCUT2D eigenvalue weighted by molar-refractivity contribution is 0.237. The molecular formula is C15H19N3O2S. The number of benzene rings is 1. The van der Waals surface area contributed by atoms with Crippen LogP contribution >= 0.6 is 11.8 Å². The molecule has 21 heavy (non-hydrogen) atoms. The fraction of sp³-hybridized carbons (Fsp3) is 0.467. The lowest BCUT2D eigenvalue weighted by Gasteiger charge is -2.45. The van der Waals surface area contributed by atoms with Gasteiger partial charge >= 0.3 is 6.01 Å². The predicted molar refractivity (Wildman–Crippen MR) is 85.7 cm³/mol. The largest absolute Gasteiger partial charge is 0.623 e. The zero-order chi connectivity index (χ0) is 14.9. The van der Waals surface area contributed by atoms with E-state index < -0.39 is 4.65 Å². The Morgan fingerprint density at radius 2 is 2.00 bits per heavy atom. The van der Waals surface area contributed by atoms with Gasteiger partial charge in [0.2, 0.25) is 0 Å². The summed E-state index contributed by atoms with van der Waals surface area (Å²) >= 11 is 1.59. The highest BCUT2D eigenvalue weighted by molar-refractivity contribution is 7.99. The summed E-state index contributed by atoms with van der Waals surface area (Å²) in [4.78, 5) is 0. The number of aromatic nitrogens is 2. The average molecular weight is 305 g/mol. The number of hydroxylamine groups is 2. The number of thioether (sulfide) groups is 1. The Hall–Kier alpha value is -1.37. The fourth-order valence-corrected chi connectivity index (χ4v) is 3.64. The third-order valence-corrected chi connectivity index (χ3v) is 5.09. The van der Waals surface area contributed by atoms with Crippen LogP contribution in [-0.4, -0.2) is 28.4 Å².